The van der Waals surface area contributed by atoms with Gasteiger partial charge in [-0.05, 0) is 56.2 Å². The summed E-state index contributed by atoms with van der Waals surface area (Å²) in [6.07, 6.45) is 4.93. The zero-order valence-electron chi connectivity index (χ0n) is 17.2. The fourth-order valence-corrected chi connectivity index (χ4v) is 4.36. The number of nitrogens with zero attached hydrogens (tertiary/aromatic N) is 3. The Labute approximate surface area is 185 Å². The number of halogens is 1. The Hall–Kier alpha value is -3.00. The Morgan fingerprint density at radius 1 is 1.19 bits per heavy atom. The molecule has 170 valence electrons. The summed E-state index contributed by atoms with van der Waals surface area (Å²) in [7, 11) is -6.09. The molecule has 0 unspecified atom stereocenters. The van der Waals surface area contributed by atoms with Crippen LogP contribution in [0.2, 0.25) is 0 Å². The first-order chi connectivity index (χ1) is 15.0. The average molecular weight is 481 g/mol. The predicted molar refractivity (Wildman–Crippen MR) is 119 cm³/mol. The van der Waals surface area contributed by atoms with Crippen molar-refractivity contribution in [2.24, 2.45) is 10.1 Å². The molecule has 0 radical (unpaired) electrons. The number of hydrogen-bond acceptors (Lipinski definition) is 8. The highest BCUT2D eigenvalue weighted by Crippen LogP contribution is 2.24. The second-order valence-electron chi connectivity index (χ2n) is 6.89. The molecule has 10 nitrogen and oxygen atoms in total. The van der Waals surface area contributed by atoms with Crippen LogP contribution in [0, 0.1) is 12.7 Å². The van der Waals surface area contributed by atoms with Crippen molar-refractivity contribution in [2.45, 2.75) is 24.7 Å². The van der Waals surface area contributed by atoms with E-state index in [0.717, 1.165) is 11.6 Å². The maximum atomic E-state index is 14.2. The van der Waals surface area contributed by atoms with E-state index >= 15 is 0 Å². The van der Waals surface area contributed by atoms with Crippen molar-refractivity contribution in [1.82, 2.24) is 14.7 Å². The van der Waals surface area contributed by atoms with Gasteiger partial charge >= 0.3 is 0 Å². The molecule has 1 aliphatic rings. The van der Waals surface area contributed by atoms with Gasteiger partial charge in [-0.15, -0.1) is 0 Å². The minimum absolute atomic E-state index is 0.00969. The molecular weight excluding hydrogens is 459 g/mol. The predicted octanol–water partition coefficient (Wildman–Crippen LogP) is 2.17. The van der Waals surface area contributed by atoms with Gasteiger partial charge in [-0.25, -0.2) is 41.1 Å². The number of hydrogen-bond donors (Lipinski definition) is 3. The highest BCUT2D eigenvalue weighted by atomic mass is 32.2. The smallest absolute Gasteiger partial charge is 0.238 e. The first-order valence-corrected chi connectivity index (χ1v) is 12.4. The Kier molecular flexibility index (Phi) is 6.83. The molecule has 0 amide bonds. The molecule has 0 saturated heterocycles. The Morgan fingerprint density at radius 3 is 2.56 bits per heavy atom. The molecule has 13 heteroatoms. The third kappa shape index (κ3) is 6.03. The molecule has 1 aromatic carbocycles. The van der Waals surface area contributed by atoms with Gasteiger partial charge in [0.15, 0.2) is 11.6 Å². The van der Waals surface area contributed by atoms with Crippen LogP contribution < -0.4 is 15.2 Å². The number of benzene rings is 1. The lowest BCUT2D eigenvalue weighted by Crippen LogP contribution is -2.16. The van der Waals surface area contributed by atoms with Crippen LogP contribution in [-0.2, 0) is 20.0 Å². The summed E-state index contributed by atoms with van der Waals surface area (Å²) in [5.74, 6) is -0.948. The number of aromatic nitrogens is 2. The van der Waals surface area contributed by atoms with Gasteiger partial charge in [0.25, 0.3) is 0 Å². The van der Waals surface area contributed by atoms with Gasteiger partial charge in [0.2, 0.25) is 26.0 Å². The average Bonchev–Trinajstić information content (AvgIpc) is 2.72. The third-order valence-electron chi connectivity index (χ3n) is 4.48. The van der Waals surface area contributed by atoms with Crippen molar-refractivity contribution in [1.29, 1.82) is 0 Å². The molecule has 3 rings (SSSR count). The fraction of sp³-hybridized carbons (Fsp3) is 0.211. The van der Waals surface area contributed by atoms with E-state index in [1.807, 2.05) is 0 Å². The molecule has 0 aliphatic heterocycles. The van der Waals surface area contributed by atoms with Crippen molar-refractivity contribution >= 4 is 43.2 Å². The van der Waals surface area contributed by atoms with Crippen LogP contribution in [0.25, 0.3) is 0 Å². The number of aliphatic imine (C=N–C) groups is 1. The monoisotopic (exact) mass is 480 g/mol. The fourth-order valence-electron chi connectivity index (χ4n) is 2.84. The molecule has 0 atom stereocenters. The summed E-state index contributed by atoms with van der Waals surface area (Å²) in [5.41, 5.74) is 1.93. The van der Waals surface area contributed by atoms with Gasteiger partial charge in [0.1, 0.15) is 0 Å². The maximum Gasteiger partial charge on any atom is 0.238 e. The van der Waals surface area contributed by atoms with E-state index in [1.165, 1.54) is 13.1 Å². The van der Waals surface area contributed by atoms with E-state index in [-0.39, 0.29) is 16.7 Å². The first kappa shape index (κ1) is 23.7. The number of anilines is 2. The minimum Gasteiger partial charge on any atom is -0.324 e. The van der Waals surface area contributed by atoms with E-state index < -0.39 is 25.9 Å². The van der Waals surface area contributed by atoms with E-state index in [1.54, 1.807) is 31.2 Å². The third-order valence-corrected chi connectivity index (χ3v) is 6.71. The highest BCUT2D eigenvalue weighted by Gasteiger charge is 2.14. The number of nitrogens with two attached hydrogens (primary N) is 1. The number of sulfonamides is 2. The summed E-state index contributed by atoms with van der Waals surface area (Å²) in [5, 5.41) is 9.16. The lowest BCUT2D eigenvalue weighted by atomic mass is 10.0. The summed E-state index contributed by atoms with van der Waals surface area (Å²) in [6, 6.07) is 4.51. The summed E-state index contributed by atoms with van der Waals surface area (Å²) < 4.78 is 63.0. The lowest BCUT2D eigenvalue weighted by molar-refractivity contribution is 0.595. The van der Waals surface area contributed by atoms with Crippen molar-refractivity contribution in [3.63, 3.8) is 0 Å². The number of primary sulfonamides is 1. The molecule has 1 aliphatic carbocycles. The van der Waals surface area contributed by atoms with Crippen molar-refractivity contribution in [3.8, 4) is 0 Å². The zero-order chi connectivity index (χ0) is 23.5. The normalized spacial score (nSPS) is 17.1. The van der Waals surface area contributed by atoms with Crippen LogP contribution in [-0.4, -0.2) is 39.6 Å². The largest absolute Gasteiger partial charge is 0.324 e. The summed E-state index contributed by atoms with van der Waals surface area (Å²) >= 11 is 0. The Bertz CT molecular complexity index is 1350. The highest BCUT2D eigenvalue weighted by molar-refractivity contribution is 7.92. The Morgan fingerprint density at radius 2 is 1.94 bits per heavy atom. The zero-order valence-corrected chi connectivity index (χ0v) is 18.8. The molecule has 32 heavy (non-hydrogen) atoms. The molecule has 2 aromatic rings. The number of aryl methyl sites for hydroxylation is 1. The summed E-state index contributed by atoms with van der Waals surface area (Å²) in [6.45, 7) is 1.61. The quantitative estimate of drug-likeness (QED) is 0.572. The maximum absolute atomic E-state index is 14.2. The van der Waals surface area contributed by atoms with Gasteiger partial charge in [0.05, 0.1) is 11.1 Å². The van der Waals surface area contributed by atoms with Crippen LogP contribution >= 0.6 is 0 Å². The second kappa shape index (κ2) is 9.24. The number of nitrogens with one attached hydrogen (secondary N) is 2. The molecule has 4 N–H and O–H groups in total. The SMILES string of the molecule is CNS(=O)(=O)C=C1C=CC(=Nc2nc(Nc3ccc(C)c(S(N)(=O)=O)c3)ncc2F)CC1. The van der Waals surface area contributed by atoms with Gasteiger partial charge in [0, 0.05) is 16.8 Å². The van der Waals surface area contributed by atoms with Gasteiger partial charge in [-0.3, -0.25) is 0 Å². The van der Waals surface area contributed by atoms with Gasteiger partial charge in [-0.1, -0.05) is 12.1 Å². The molecule has 0 saturated carbocycles. The van der Waals surface area contributed by atoms with Crippen LogP contribution in [0.5, 0.6) is 0 Å². The summed E-state index contributed by atoms with van der Waals surface area (Å²) in [4.78, 5) is 12.0. The molecule has 0 bridgehead atoms. The van der Waals surface area contributed by atoms with Crippen molar-refractivity contribution < 1.29 is 21.2 Å². The number of rotatable bonds is 6. The molecule has 1 aromatic heterocycles. The van der Waals surface area contributed by atoms with Gasteiger partial charge in [-0.2, -0.15) is 4.98 Å². The lowest BCUT2D eigenvalue weighted by Gasteiger charge is -2.11. The van der Waals surface area contributed by atoms with Crippen LogP contribution in [0.4, 0.5) is 21.8 Å². The minimum atomic E-state index is -3.92. The molecule has 1 heterocycles. The molecule has 0 fully saturated rings. The second-order valence-corrected chi connectivity index (χ2v) is 10.2. The number of allylic oxidation sites excluding steroid dienone is 3. The molecular formula is C19H21FN6O4S2. The standard InChI is InChI=1S/C19H21FN6O4S2/c1-12-3-6-15(9-17(12)32(21,29)30)25-19-23-10-16(20)18(26-19)24-14-7-4-13(5-8-14)11-31(27,28)22-2/h3-4,6-7,9-11,22H,5,8H2,1-2H3,(H2,21,29,30)(H,23,25,26). The van der Waals surface area contributed by atoms with E-state index in [0.29, 0.717) is 35.4 Å². The van der Waals surface area contributed by atoms with Crippen molar-refractivity contribution in [3.05, 3.63) is 58.9 Å². The van der Waals surface area contributed by atoms with Crippen LogP contribution in [0.3, 0.4) is 0 Å². The van der Waals surface area contributed by atoms with E-state index in [4.69, 9.17) is 5.14 Å². The Balaban J connectivity index is 1.85. The van der Waals surface area contributed by atoms with Crippen molar-refractivity contribution in [2.75, 3.05) is 12.4 Å². The molecule has 0 spiro atoms. The first-order valence-electron chi connectivity index (χ1n) is 9.29. The van der Waals surface area contributed by atoms with Gasteiger partial charge < -0.3 is 5.32 Å². The van der Waals surface area contributed by atoms with E-state index in [9.17, 15) is 21.2 Å². The van der Waals surface area contributed by atoms with Crippen LogP contribution in [0.15, 0.2) is 57.4 Å². The topological polar surface area (TPSA) is 156 Å². The van der Waals surface area contributed by atoms with Crippen LogP contribution in [0.1, 0.15) is 18.4 Å². The van der Waals surface area contributed by atoms with E-state index in [2.05, 4.69) is 25.0 Å².